The molecule has 0 saturated carbocycles. The molecule has 3 N–H and O–H groups in total. The van der Waals surface area contributed by atoms with Crippen LogP contribution in [0.5, 0.6) is 0 Å². The molecule has 1 aliphatic rings. The van der Waals surface area contributed by atoms with Crippen molar-refractivity contribution in [2.45, 2.75) is 18.9 Å². The average molecular weight is 401 g/mol. The number of aliphatic imine (C=N–C) groups is 1. The van der Waals surface area contributed by atoms with Crippen LogP contribution in [0.15, 0.2) is 53.4 Å². The molecule has 0 aliphatic carbocycles. The number of ether oxygens (including phenoxy) is 1. The van der Waals surface area contributed by atoms with Gasteiger partial charge in [0.2, 0.25) is 0 Å². The van der Waals surface area contributed by atoms with Crippen LogP contribution < -0.4 is 11.1 Å². The first-order chi connectivity index (χ1) is 13.7. The van der Waals surface area contributed by atoms with Crippen LogP contribution >= 0.6 is 0 Å². The van der Waals surface area contributed by atoms with Gasteiger partial charge in [0, 0.05) is 17.4 Å². The van der Waals surface area contributed by atoms with Gasteiger partial charge in [-0.3, -0.25) is 4.79 Å². The predicted molar refractivity (Wildman–Crippen MR) is 97.5 cm³/mol. The Morgan fingerprint density at radius 1 is 1.34 bits per heavy atom. The third kappa shape index (κ3) is 4.19. The Kier molecular flexibility index (Phi) is 5.23. The molecule has 3 rings (SSSR count). The molecule has 2 aromatic rings. The molecule has 7 nitrogen and oxygen atoms in total. The average Bonchev–Trinajstić information content (AvgIpc) is 2.68. The first-order valence-corrected chi connectivity index (χ1v) is 8.23. The summed E-state index contributed by atoms with van der Waals surface area (Å²) in [5, 5.41) is 11.3. The molecule has 1 aromatic carbocycles. The Bertz CT molecular complexity index is 1060. The SMILES string of the molecule is C[C@@]1(c2cc(NC(=O)c3ccc(C#N)cn3)ccc2F)C=C(C(F)F)OC(N)=N1. The number of carbonyl (C=O) groups is 1. The lowest BCUT2D eigenvalue weighted by Crippen LogP contribution is -2.32. The zero-order valence-corrected chi connectivity index (χ0v) is 15.0. The van der Waals surface area contributed by atoms with Gasteiger partial charge < -0.3 is 15.8 Å². The highest BCUT2D eigenvalue weighted by molar-refractivity contribution is 6.02. The predicted octanol–water partition coefficient (Wildman–Crippen LogP) is 3.05. The van der Waals surface area contributed by atoms with E-state index < -0.39 is 35.5 Å². The number of benzene rings is 1. The van der Waals surface area contributed by atoms with Crippen LogP contribution in [0.2, 0.25) is 0 Å². The van der Waals surface area contributed by atoms with E-state index in [0.717, 1.165) is 12.1 Å². The number of anilines is 1. The number of carbonyl (C=O) groups excluding carboxylic acids is 1. The Morgan fingerprint density at radius 3 is 2.72 bits per heavy atom. The second-order valence-electron chi connectivity index (χ2n) is 6.24. The molecule has 0 fully saturated rings. The summed E-state index contributed by atoms with van der Waals surface area (Å²) in [6.07, 6.45) is -0.751. The van der Waals surface area contributed by atoms with E-state index in [-0.39, 0.29) is 22.5 Å². The third-order valence-corrected chi connectivity index (χ3v) is 4.10. The molecule has 148 valence electrons. The highest BCUT2D eigenvalue weighted by Crippen LogP contribution is 2.36. The van der Waals surface area contributed by atoms with E-state index >= 15 is 0 Å². The van der Waals surface area contributed by atoms with Crippen LogP contribution in [-0.2, 0) is 10.3 Å². The number of amidine groups is 1. The molecule has 2 heterocycles. The molecule has 1 aromatic heterocycles. The Hall–Kier alpha value is -3.87. The summed E-state index contributed by atoms with van der Waals surface area (Å²) >= 11 is 0. The number of halogens is 3. The van der Waals surface area contributed by atoms with Crippen molar-refractivity contribution in [3.8, 4) is 6.07 Å². The van der Waals surface area contributed by atoms with Crippen molar-refractivity contribution in [1.82, 2.24) is 4.98 Å². The highest BCUT2D eigenvalue weighted by atomic mass is 19.3. The minimum absolute atomic E-state index is 0.0364. The monoisotopic (exact) mass is 401 g/mol. The fourth-order valence-corrected chi connectivity index (χ4v) is 2.74. The van der Waals surface area contributed by atoms with E-state index in [1.165, 1.54) is 37.4 Å². The minimum Gasteiger partial charge on any atom is -0.425 e. The number of pyridine rings is 1. The number of hydrogen-bond acceptors (Lipinski definition) is 6. The lowest BCUT2D eigenvalue weighted by atomic mass is 9.90. The van der Waals surface area contributed by atoms with Crippen LogP contribution in [0.4, 0.5) is 18.9 Å². The van der Waals surface area contributed by atoms with E-state index in [9.17, 15) is 18.0 Å². The van der Waals surface area contributed by atoms with E-state index in [2.05, 4.69) is 15.3 Å². The minimum atomic E-state index is -2.96. The molecule has 0 spiro atoms. The van der Waals surface area contributed by atoms with Crippen molar-refractivity contribution in [2.75, 3.05) is 5.32 Å². The normalized spacial score (nSPS) is 18.3. The zero-order chi connectivity index (χ0) is 21.2. The van der Waals surface area contributed by atoms with Crippen molar-refractivity contribution >= 4 is 17.6 Å². The number of nitrogens with two attached hydrogens (primary N) is 1. The fourth-order valence-electron chi connectivity index (χ4n) is 2.74. The van der Waals surface area contributed by atoms with Crippen LogP contribution in [0.1, 0.15) is 28.5 Å². The smallest absolute Gasteiger partial charge is 0.295 e. The van der Waals surface area contributed by atoms with E-state index in [4.69, 9.17) is 15.7 Å². The van der Waals surface area contributed by atoms with Crippen molar-refractivity contribution in [2.24, 2.45) is 10.7 Å². The molecular formula is C19H14F3N5O2. The molecule has 0 bridgehead atoms. The van der Waals surface area contributed by atoms with Gasteiger partial charge in [-0.15, -0.1) is 0 Å². The molecule has 1 amide bonds. The Morgan fingerprint density at radius 2 is 2.10 bits per heavy atom. The summed E-state index contributed by atoms with van der Waals surface area (Å²) in [5.74, 6) is -2.07. The number of aromatic nitrogens is 1. The topological polar surface area (TPSA) is 113 Å². The number of allylic oxidation sites excluding steroid dienone is 1. The van der Waals surface area contributed by atoms with Crippen molar-refractivity contribution in [3.63, 3.8) is 0 Å². The number of hydrogen-bond donors (Lipinski definition) is 2. The third-order valence-electron chi connectivity index (χ3n) is 4.10. The van der Waals surface area contributed by atoms with Gasteiger partial charge in [-0.2, -0.15) is 5.26 Å². The number of nitrogens with one attached hydrogen (secondary N) is 1. The zero-order valence-electron chi connectivity index (χ0n) is 15.0. The summed E-state index contributed by atoms with van der Waals surface area (Å²) in [7, 11) is 0. The summed E-state index contributed by atoms with van der Waals surface area (Å²) in [6, 6.07) is 7.78. The van der Waals surface area contributed by atoms with Gasteiger partial charge in [0.15, 0.2) is 5.76 Å². The first kappa shape index (κ1) is 19.9. The van der Waals surface area contributed by atoms with E-state index in [1.807, 2.05) is 6.07 Å². The number of alkyl halides is 2. The van der Waals surface area contributed by atoms with Gasteiger partial charge in [0.25, 0.3) is 18.4 Å². The molecule has 1 aliphatic heterocycles. The summed E-state index contributed by atoms with van der Waals surface area (Å²) in [5.41, 5.74) is 4.33. The molecule has 1 atom stereocenters. The van der Waals surface area contributed by atoms with E-state index in [1.54, 1.807) is 0 Å². The van der Waals surface area contributed by atoms with Gasteiger partial charge in [0.1, 0.15) is 23.1 Å². The summed E-state index contributed by atoms with van der Waals surface area (Å²) < 4.78 is 45.3. The second-order valence-corrected chi connectivity index (χ2v) is 6.24. The van der Waals surface area contributed by atoms with Crippen LogP contribution in [0.3, 0.4) is 0 Å². The molecule has 0 saturated heterocycles. The van der Waals surface area contributed by atoms with E-state index in [0.29, 0.717) is 0 Å². The largest absolute Gasteiger partial charge is 0.425 e. The maximum absolute atomic E-state index is 14.5. The lowest BCUT2D eigenvalue weighted by molar-refractivity contribution is 0.102. The van der Waals surface area contributed by atoms with Crippen molar-refractivity contribution in [3.05, 3.63) is 71.0 Å². The lowest BCUT2D eigenvalue weighted by Gasteiger charge is -2.28. The Labute approximate surface area is 163 Å². The van der Waals surface area contributed by atoms with Gasteiger partial charge in [-0.25, -0.2) is 23.1 Å². The fraction of sp³-hybridized carbons (Fsp3) is 0.158. The van der Waals surface area contributed by atoms with Crippen LogP contribution in [0.25, 0.3) is 0 Å². The van der Waals surface area contributed by atoms with Gasteiger partial charge in [-0.05, 0) is 43.3 Å². The number of rotatable bonds is 4. The Balaban J connectivity index is 1.92. The maximum Gasteiger partial charge on any atom is 0.295 e. The molecule has 10 heteroatoms. The van der Waals surface area contributed by atoms with Crippen molar-refractivity contribution in [1.29, 1.82) is 5.26 Å². The number of amides is 1. The number of nitrogens with zero attached hydrogens (tertiary/aromatic N) is 3. The summed E-state index contributed by atoms with van der Waals surface area (Å²) in [6.45, 7) is 1.39. The second kappa shape index (κ2) is 7.63. The highest BCUT2D eigenvalue weighted by Gasteiger charge is 2.34. The molecule has 29 heavy (non-hydrogen) atoms. The standard InChI is InChI=1S/C19H14F3N5O2/c1-19(7-15(16(21)22)29-18(24)27-19)12-6-11(3-4-13(12)20)26-17(28)14-5-2-10(8-23)9-25-14/h2-7,9,16H,1H3,(H2,24,27)(H,26,28)/t19-/m0/s1. The quantitative estimate of drug-likeness (QED) is 0.818. The van der Waals surface area contributed by atoms with Gasteiger partial charge >= 0.3 is 0 Å². The van der Waals surface area contributed by atoms with Gasteiger partial charge in [0.05, 0.1) is 5.56 Å². The molecule has 0 unspecified atom stereocenters. The van der Waals surface area contributed by atoms with Crippen LogP contribution in [0, 0.1) is 17.1 Å². The summed E-state index contributed by atoms with van der Waals surface area (Å²) in [4.78, 5) is 20.1. The van der Waals surface area contributed by atoms with Gasteiger partial charge in [-0.1, -0.05) is 0 Å². The van der Waals surface area contributed by atoms with Crippen molar-refractivity contribution < 1.29 is 22.7 Å². The van der Waals surface area contributed by atoms with Crippen LogP contribution in [-0.4, -0.2) is 23.3 Å². The first-order valence-electron chi connectivity index (χ1n) is 8.23. The molecular weight excluding hydrogens is 387 g/mol. The molecule has 0 radical (unpaired) electrons. The number of nitriles is 1. The maximum atomic E-state index is 14.5.